The Morgan fingerprint density at radius 3 is 2.43 bits per heavy atom. The Balaban J connectivity index is 0.00000280. The summed E-state index contributed by atoms with van der Waals surface area (Å²) in [5.74, 6) is -0.250. The van der Waals surface area contributed by atoms with Gasteiger partial charge in [-0.3, -0.25) is 4.79 Å². The molecule has 0 saturated heterocycles. The first kappa shape index (κ1) is 23.1. The van der Waals surface area contributed by atoms with E-state index in [-0.39, 0.29) is 34.8 Å². The summed E-state index contributed by atoms with van der Waals surface area (Å²) in [6.07, 6.45) is 8.94. The Hall–Kier alpha value is -1.15. The maximum absolute atomic E-state index is 13.0. The minimum atomic E-state index is -3.61. The van der Waals surface area contributed by atoms with Crippen LogP contribution in [0.4, 0.5) is 0 Å². The maximum Gasteiger partial charge on any atom is 0.251 e. The SMILES string of the molecule is CN(C1CCCCC1)S(=O)(=O)c1cccc(C(=O)NC2(CN)CCCC2)c1.Cl. The van der Waals surface area contributed by atoms with Gasteiger partial charge in [0.2, 0.25) is 10.0 Å². The van der Waals surface area contributed by atoms with Crippen molar-refractivity contribution in [1.29, 1.82) is 0 Å². The van der Waals surface area contributed by atoms with Crippen molar-refractivity contribution in [3.63, 3.8) is 0 Å². The molecule has 158 valence electrons. The Morgan fingerprint density at radius 2 is 1.82 bits per heavy atom. The number of amides is 1. The molecule has 0 atom stereocenters. The van der Waals surface area contributed by atoms with Gasteiger partial charge in [0, 0.05) is 25.2 Å². The largest absolute Gasteiger partial charge is 0.345 e. The van der Waals surface area contributed by atoms with Crippen molar-refractivity contribution in [2.24, 2.45) is 5.73 Å². The number of nitrogens with zero attached hydrogens (tertiary/aromatic N) is 1. The second-order valence-electron chi connectivity index (χ2n) is 7.99. The molecule has 8 heteroatoms. The zero-order chi connectivity index (χ0) is 19.5. The van der Waals surface area contributed by atoms with Crippen LogP contribution in [0.5, 0.6) is 0 Å². The van der Waals surface area contributed by atoms with Gasteiger partial charge < -0.3 is 11.1 Å². The normalized spacial score (nSPS) is 20.0. The number of nitrogens with two attached hydrogens (primary N) is 1. The topological polar surface area (TPSA) is 92.5 Å². The average molecular weight is 430 g/mol. The lowest BCUT2D eigenvalue weighted by Crippen LogP contribution is -2.51. The number of sulfonamides is 1. The van der Waals surface area contributed by atoms with Crippen molar-refractivity contribution in [2.45, 2.75) is 74.3 Å². The molecule has 0 bridgehead atoms. The molecule has 28 heavy (non-hydrogen) atoms. The number of rotatable bonds is 6. The zero-order valence-electron chi connectivity index (χ0n) is 16.5. The molecule has 1 aromatic rings. The first-order valence-corrected chi connectivity index (χ1v) is 11.4. The third kappa shape index (κ3) is 4.87. The van der Waals surface area contributed by atoms with E-state index in [0.717, 1.165) is 51.4 Å². The number of hydrogen-bond acceptors (Lipinski definition) is 4. The molecular formula is C20H32ClN3O3S. The molecule has 0 radical (unpaired) electrons. The second kappa shape index (κ2) is 9.57. The van der Waals surface area contributed by atoms with Crippen LogP contribution in [0.25, 0.3) is 0 Å². The number of nitrogens with one attached hydrogen (secondary N) is 1. The lowest BCUT2D eigenvalue weighted by molar-refractivity contribution is 0.0903. The van der Waals surface area contributed by atoms with Crippen molar-refractivity contribution in [3.05, 3.63) is 29.8 Å². The minimum Gasteiger partial charge on any atom is -0.345 e. The van der Waals surface area contributed by atoms with Crippen molar-refractivity contribution < 1.29 is 13.2 Å². The fourth-order valence-corrected chi connectivity index (χ4v) is 5.81. The van der Waals surface area contributed by atoms with Gasteiger partial charge in [-0.1, -0.05) is 38.2 Å². The molecule has 0 aromatic heterocycles. The molecular weight excluding hydrogens is 398 g/mol. The van der Waals surface area contributed by atoms with Gasteiger partial charge >= 0.3 is 0 Å². The number of carbonyl (C=O) groups excluding carboxylic acids is 1. The van der Waals surface area contributed by atoms with Crippen molar-refractivity contribution in [2.75, 3.05) is 13.6 Å². The fraction of sp³-hybridized carbons (Fsp3) is 0.650. The van der Waals surface area contributed by atoms with E-state index in [1.165, 1.54) is 16.8 Å². The predicted octanol–water partition coefficient (Wildman–Crippen LogP) is 3.06. The number of hydrogen-bond donors (Lipinski definition) is 2. The molecule has 2 aliphatic carbocycles. The highest BCUT2D eigenvalue weighted by Crippen LogP contribution is 2.30. The highest BCUT2D eigenvalue weighted by atomic mass is 35.5. The van der Waals surface area contributed by atoms with E-state index in [2.05, 4.69) is 5.32 Å². The van der Waals surface area contributed by atoms with Crippen LogP contribution in [-0.4, -0.2) is 43.8 Å². The lowest BCUT2D eigenvalue weighted by atomic mass is 9.96. The number of carbonyl (C=O) groups is 1. The smallest absolute Gasteiger partial charge is 0.251 e. The van der Waals surface area contributed by atoms with Crippen LogP contribution < -0.4 is 11.1 Å². The van der Waals surface area contributed by atoms with Gasteiger partial charge in [0.15, 0.2) is 0 Å². The van der Waals surface area contributed by atoms with Gasteiger partial charge in [0.1, 0.15) is 0 Å². The van der Waals surface area contributed by atoms with E-state index in [1.54, 1.807) is 25.2 Å². The summed E-state index contributed by atoms with van der Waals surface area (Å²) < 4.78 is 27.6. The number of halogens is 1. The van der Waals surface area contributed by atoms with Gasteiger partial charge in [0.05, 0.1) is 10.4 Å². The second-order valence-corrected chi connectivity index (χ2v) is 9.98. The van der Waals surface area contributed by atoms with Gasteiger partial charge in [-0.2, -0.15) is 4.31 Å². The highest BCUT2D eigenvalue weighted by Gasteiger charge is 2.34. The summed E-state index contributed by atoms with van der Waals surface area (Å²) >= 11 is 0. The van der Waals surface area contributed by atoms with Crippen molar-refractivity contribution in [1.82, 2.24) is 9.62 Å². The standard InChI is InChI=1S/C20H31N3O3S.ClH/c1-23(17-9-3-2-4-10-17)27(25,26)18-11-7-8-16(14-18)19(24)22-20(15-21)12-5-6-13-20;/h7-8,11,14,17H,2-6,9-10,12-13,15,21H2,1H3,(H,22,24);1H. The van der Waals surface area contributed by atoms with E-state index in [0.29, 0.717) is 12.1 Å². The van der Waals surface area contributed by atoms with Crippen LogP contribution in [0, 0.1) is 0 Å². The quantitative estimate of drug-likeness (QED) is 0.726. The summed E-state index contributed by atoms with van der Waals surface area (Å²) in [7, 11) is -1.96. The summed E-state index contributed by atoms with van der Waals surface area (Å²) in [6, 6.07) is 6.40. The Morgan fingerprint density at radius 1 is 1.18 bits per heavy atom. The van der Waals surface area contributed by atoms with Gasteiger partial charge in [-0.25, -0.2) is 8.42 Å². The molecule has 1 aromatic carbocycles. The minimum absolute atomic E-state index is 0. The van der Waals surface area contributed by atoms with E-state index in [9.17, 15) is 13.2 Å². The third-order valence-corrected chi connectivity index (χ3v) is 8.10. The molecule has 2 saturated carbocycles. The number of benzene rings is 1. The summed E-state index contributed by atoms with van der Waals surface area (Å²) in [5, 5.41) is 3.06. The predicted molar refractivity (Wildman–Crippen MR) is 113 cm³/mol. The molecule has 0 aliphatic heterocycles. The van der Waals surface area contributed by atoms with Crippen LogP contribution in [0.1, 0.15) is 68.1 Å². The monoisotopic (exact) mass is 429 g/mol. The Bertz CT molecular complexity index is 773. The van der Waals surface area contributed by atoms with Gasteiger partial charge in [-0.15, -0.1) is 12.4 Å². The fourth-order valence-electron chi connectivity index (χ4n) is 4.35. The van der Waals surface area contributed by atoms with Crippen LogP contribution in [0.3, 0.4) is 0 Å². The molecule has 2 fully saturated rings. The average Bonchev–Trinajstić information content (AvgIpc) is 3.17. The molecule has 2 aliphatic rings. The van der Waals surface area contributed by atoms with E-state index >= 15 is 0 Å². The Kier molecular flexibility index (Phi) is 7.90. The van der Waals surface area contributed by atoms with Crippen LogP contribution in [-0.2, 0) is 10.0 Å². The van der Waals surface area contributed by atoms with Crippen molar-refractivity contribution >= 4 is 28.3 Å². The van der Waals surface area contributed by atoms with Crippen LogP contribution in [0.2, 0.25) is 0 Å². The molecule has 0 spiro atoms. The molecule has 3 rings (SSSR count). The first-order chi connectivity index (χ1) is 12.9. The van der Waals surface area contributed by atoms with E-state index in [1.807, 2.05) is 0 Å². The third-order valence-electron chi connectivity index (χ3n) is 6.19. The van der Waals surface area contributed by atoms with Crippen LogP contribution in [0.15, 0.2) is 29.2 Å². The summed E-state index contributed by atoms with van der Waals surface area (Å²) in [6.45, 7) is 0.404. The molecule has 3 N–H and O–H groups in total. The molecule has 0 unspecified atom stereocenters. The first-order valence-electron chi connectivity index (χ1n) is 9.99. The van der Waals surface area contributed by atoms with E-state index in [4.69, 9.17) is 5.73 Å². The van der Waals surface area contributed by atoms with E-state index < -0.39 is 10.0 Å². The highest BCUT2D eigenvalue weighted by molar-refractivity contribution is 7.89. The summed E-state index contributed by atoms with van der Waals surface area (Å²) in [5.41, 5.74) is 5.91. The van der Waals surface area contributed by atoms with Crippen LogP contribution >= 0.6 is 12.4 Å². The van der Waals surface area contributed by atoms with Gasteiger partial charge in [-0.05, 0) is 43.9 Å². The Labute approximate surface area is 174 Å². The lowest BCUT2D eigenvalue weighted by Gasteiger charge is -2.30. The molecule has 1 amide bonds. The maximum atomic E-state index is 13.0. The zero-order valence-corrected chi connectivity index (χ0v) is 18.2. The van der Waals surface area contributed by atoms with Gasteiger partial charge in [0.25, 0.3) is 5.91 Å². The molecule has 0 heterocycles. The van der Waals surface area contributed by atoms with Crippen molar-refractivity contribution in [3.8, 4) is 0 Å². The summed E-state index contributed by atoms with van der Waals surface area (Å²) in [4.78, 5) is 12.9. The molecule has 6 nitrogen and oxygen atoms in total.